The molecule has 3 nitrogen and oxygen atoms in total. The van der Waals surface area contributed by atoms with E-state index in [1.165, 1.54) is 7.11 Å². The lowest BCUT2D eigenvalue weighted by molar-refractivity contribution is -0.325. The molecule has 0 N–H and O–H groups in total. The molecule has 0 aliphatic rings. The Balaban J connectivity index is 2.54. The van der Waals surface area contributed by atoms with Gasteiger partial charge >= 0.3 is 6.36 Å². The van der Waals surface area contributed by atoms with Crippen LogP contribution < -0.4 is 9.47 Å². The molecule has 0 aliphatic carbocycles. The van der Waals surface area contributed by atoms with E-state index in [2.05, 4.69) is 4.74 Å². The molecule has 0 spiro atoms. The van der Waals surface area contributed by atoms with E-state index in [1.54, 1.807) is 18.2 Å². The molecule has 1 aromatic carbocycles. The van der Waals surface area contributed by atoms with Gasteiger partial charge in [-0.1, -0.05) is 6.07 Å². The predicted molar refractivity (Wildman–Crippen MR) is 60.1 cm³/mol. The van der Waals surface area contributed by atoms with Crippen LogP contribution in [0.2, 0.25) is 0 Å². The second kappa shape index (κ2) is 6.70. The number of hydrogen-bond acceptors (Lipinski definition) is 3. The van der Waals surface area contributed by atoms with Crippen LogP contribution in [0.1, 0.15) is 5.56 Å². The summed E-state index contributed by atoms with van der Waals surface area (Å²) in [6.07, 6.45) is -4.65. The van der Waals surface area contributed by atoms with Crippen molar-refractivity contribution in [3.05, 3.63) is 23.8 Å². The van der Waals surface area contributed by atoms with Crippen molar-refractivity contribution >= 4 is 11.6 Å². The Labute approximate surface area is 107 Å². The smallest absolute Gasteiger partial charge is 0.493 e. The van der Waals surface area contributed by atoms with Gasteiger partial charge in [0.05, 0.1) is 13.7 Å². The molecule has 0 unspecified atom stereocenters. The summed E-state index contributed by atoms with van der Waals surface area (Å²) in [4.78, 5) is 0. The summed E-state index contributed by atoms with van der Waals surface area (Å²) in [6, 6.07) is 4.99. The first-order valence-corrected chi connectivity index (χ1v) is 5.56. The van der Waals surface area contributed by atoms with Gasteiger partial charge in [-0.15, -0.1) is 24.8 Å². The zero-order valence-electron chi connectivity index (χ0n) is 9.59. The van der Waals surface area contributed by atoms with Crippen molar-refractivity contribution in [3.8, 4) is 11.5 Å². The van der Waals surface area contributed by atoms with Crippen molar-refractivity contribution in [3.63, 3.8) is 0 Å². The first-order valence-electron chi connectivity index (χ1n) is 5.02. The quantitative estimate of drug-likeness (QED) is 0.592. The second-order valence-corrected chi connectivity index (χ2v) is 3.53. The molecule has 0 radical (unpaired) electrons. The molecule has 1 aromatic rings. The number of alkyl halides is 4. The predicted octanol–water partition coefficient (Wildman–Crippen LogP) is 3.35. The van der Waals surface area contributed by atoms with E-state index in [-0.39, 0.29) is 12.5 Å². The van der Waals surface area contributed by atoms with Crippen LogP contribution in [-0.4, -0.2) is 26.7 Å². The van der Waals surface area contributed by atoms with Crippen LogP contribution in [0.15, 0.2) is 18.2 Å². The average molecular weight is 285 g/mol. The molecular weight excluding hydrogens is 273 g/mol. The van der Waals surface area contributed by atoms with Crippen molar-refractivity contribution < 1.29 is 27.4 Å². The number of ether oxygens (including phenoxy) is 3. The fourth-order valence-corrected chi connectivity index (χ4v) is 1.39. The summed E-state index contributed by atoms with van der Waals surface area (Å²) >= 11 is 5.65. The molecule has 0 aromatic heterocycles. The zero-order valence-corrected chi connectivity index (χ0v) is 10.3. The first kappa shape index (κ1) is 14.9. The van der Waals surface area contributed by atoms with E-state index >= 15 is 0 Å². The molecule has 0 fully saturated rings. The molecule has 0 amide bonds. The van der Waals surface area contributed by atoms with E-state index < -0.39 is 13.0 Å². The standard InChI is InChI=1S/C11H12ClF3O3/c1-16-9-3-2-8(7-12)6-10(9)17-4-5-18-11(13,14)15/h2-3,6H,4-5,7H2,1H3. The van der Waals surface area contributed by atoms with Gasteiger partial charge in [0.25, 0.3) is 0 Å². The maximum Gasteiger partial charge on any atom is 0.522 e. The summed E-state index contributed by atoms with van der Waals surface area (Å²) in [5.74, 6) is 1.04. The molecule has 0 saturated heterocycles. The van der Waals surface area contributed by atoms with E-state index in [4.69, 9.17) is 21.1 Å². The number of benzene rings is 1. The highest BCUT2D eigenvalue weighted by atomic mass is 35.5. The van der Waals surface area contributed by atoms with Gasteiger partial charge in [-0.2, -0.15) is 0 Å². The Morgan fingerprint density at radius 2 is 1.89 bits per heavy atom. The van der Waals surface area contributed by atoms with Crippen molar-refractivity contribution in [1.82, 2.24) is 0 Å². The van der Waals surface area contributed by atoms with Crippen LogP contribution in [0.3, 0.4) is 0 Å². The van der Waals surface area contributed by atoms with E-state index in [0.29, 0.717) is 11.5 Å². The minimum absolute atomic E-state index is 0.235. The Hall–Kier alpha value is -1.14. The normalized spacial score (nSPS) is 11.4. The summed E-state index contributed by atoms with van der Waals surface area (Å²) in [6.45, 7) is -0.820. The van der Waals surface area contributed by atoms with Gasteiger partial charge in [0.15, 0.2) is 11.5 Å². The topological polar surface area (TPSA) is 27.7 Å². The molecule has 0 saturated carbocycles. The Morgan fingerprint density at radius 3 is 2.44 bits per heavy atom. The summed E-state index contributed by atoms with van der Waals surface area (Å²) in [7, 11) is 1.44. The van der Waals surface area contributed by atoms with Gasteiger partial charge in [0, 0.05) is 5.88 Å². The highest BCUT2D eigenvalue weighted by Crippen LogP contribution is 2.28. The van der Waals surface area contributed by atoms with Gasteiger partial charge in [-0.3, -0.25) is 4.74 Å². The Bertz CT molecular complexity index is 382. The fraction of sp³-hybridized carbons (Fsp3) is 0.455. The Kier molecular flexibility index (Phi) is 5.55. The lowest BCUT2D eigenvalue weighted by atomic mass is 10.2. The number of methoxy groups -OCH3 is 1. The van der Waals surface area contributed by atoms with E-state index in [9.17, 15) is 13.2 Å². The molecule has 1 rings (SSSR count). The third kappa shape index (κ3) is 5.01. The fourth-order valence-electron chi connectivity index (χ4n) is 1.23. The monoisotopic (exact) mass is 284 g/mol. The SMILES string of the molecule is COc1ccc(CCl)cc1OCCOC(F)(F)F. The van der Waals surface area contributed by atoms with Gasteiger partial charge < -0.3 is 9.47 Å². The molecule has 18 heavy (non-hydrogen) atoms. The summed E-state index contributed by atoms with van der Waals surface area (Å²) in [5, 5.41) is 0. The minimum atomic E-state index is -4.65. The zero-order chi connectivity index (χ0) is 13.6. The van der Waals surface area contributed by atoms with Crippen LogP contribution in [0.5, 0.6) is 11.5 Å². The third-order valence-electron chi connectivity index (χ3n) is 1.99. The molecule has 0 atom stereocenters. The lowest BCUT2D eigenvalue weighted by Gasteiger charge is -2.12. The number of halogens is 4. The van der Waals surface area contributed by atoms with Gasteiger partial charge in [0.2, 0.25) is 0 Å². The van der Waals surface area contributed by atoms with Crippen LogP contribution in [-0.2, 0) is 10.6 Å². The minimum Gasteiger partial charge on any atom is -0.493 e. The molecular formula is C11H12ClF3O3. The second-order valence-electron chi connectivity index (χ2n) is 3.26. The molecule has 0 aliphatic heterocycles. The molecule has 102 valence electrons. The van der Waals surface area contributed by atoms with Crippen molar-refractivity contribution in [2.75, 3.05) is 20.3 Å². The third-order valence-corrected chi connectivity index (χ3v) is 2.30. The van der Waals surface area contributed by atoms with Crippen LogP contribution >= 0.6 is 11.6 Å². The maximum absolute atomic E-state index is 11.7. The van der Waals surface area contributed by atoms with E-state index in [0.717, 1.165) is 5.56 Å². The van der Waals surface area contributed by atoms with Crippen LogP contribution in [0.25, 0.3) is 0 Å². The van der Waals surface area contributed by atoms with E-state index in [1.807, 2.05) is 0 Å². The highest BCUT2D eigenvalue weighted by molar-refractivity contribution is 6.17. The Morgan fingerprint density at radius 1 is 1.17 bits per heavy atom. The van der Waals surface area contributed by atoms with Gasteiger partial charge in [-0.05, 0) is 17.7 Å². The lowest BCUT2D eigenvalue weighted by Crippen LogP contribution is -2.18. The van der Waals surface area contributed by atoms with Crippen molar-refractivity contribution in [2.45, 2.75) is 12.2 Å². The molecule has 0 heterocycles. The van der Waals surface area contributed by atoms with Gasteiger partial charge in [0.1, 0.15) is 6.61 Å². The first-order chi connectivity index (χ1) is 8.46. The number of hydrogen-bond donors (Lipinski definition) is 0. The van der Waals surface area contributed by atoms with Crippen LogP contribution in [0, 0.1) is 0 Å². The molecule has 0 bridgehead atoms. The summed E-state index contributed by atoms with van der Waals surface area (Å²) in [5.41, 5.74) is 0.782. The average Bonchev–Trinajstić information content (AvgIpc) is 2.33. The maximum atomic E-state index is 11.7. The van der Waals surface area contributed by atoms with Gasteiger partial charge in [-0.25, -0.2) is 0 Å². The molecule has 7 heteroatoms. The summed E-state index contributed by atoms with van der Waals surface area (Å²) < 4.78 is 48.9. The number of rotatable bonds is 6. The van der Waals surface area contributed by atoms with Crippen LogP contribution in [0.4, 0.5) is 13.2 Å². The largest absolute Gasteiger partial charge is 0.522 e. The van der Waals surface area contributed by atoms with Crippen molar-refractivity contribution in [1.29, 1.82) is 0 Å². The highest BCUT2D eigenvalue weighted by Gasteiger charge is 2.28. The van der Waals surface area contributed by atoms with Crippen molar-refractivity contribution in [2.24, 2.45) is 0 Å².